The number of nitrogens with zero attached hydrogens (tertiary/aromatic N) is 2. The van der Waals surface area contributed by atoms with Gasteiger partial charge in [0.25, 0.3) is 0 Å². The van der Waals surface area contributed by atoms with Gasteiger partial charge in [-0.05, 0) is 83.8 Å². The first-order valence-electron chi connectivity index (χ1n) is 14.4. The molecule has 1 N–H and O–H groups in total. The molecule has 0 saturated heterocycles. The van der Waals surface area contributed by atoms with Crippen molar-refractivity contribution in [1.29, 1.82) is 0 Å². The molecule has 1 unspecified atom stereocenters. The number of rotatable bonds is 10. The molecule has 1 atom stereocenters. The van der Waals surface area contributed by atoms with Gasteiger partial charge in [-0.15, -0.1) is 0 Å². The second-order valence-corrected chi connectivity index (χ2v) is 12.7. The first-order valence-corrected chi connectivity index (χ1v) is 15.9. The van der Waals surface area contributed by atoms with Crippen molar-refractivity contribution in [2.45, 2.75) is 59.5 Å². The Balaban J connectivity index is 0.000000886. The molecule has 0 bridgehead atoms. The minimum atomic E-state index is -0.722. The normalized spacial score (nSPS) is 11.4. The van der Waals surface area contributed by atoms with Gasteiger partial charge in [-0.1, -0.05) is 74.1 Å². The Hall–Kier alpha value is -1.69. The number of aliphatic hydroxyl groups is 1. The molecule has 0 spiro atoms. The van der Waals surface area contributed by atoms with E-state index < -0.39 is 29.4 Å². The zero-order chi connectivity index (χ0) is 34.3. The molecule has 14 heteroatoms. The third kappa shape index (κ3) is 12.3. The fourth-order valence-electron chi connectivity index (χ4n) is 4.56. The van der Waals surface area contributed by atoms with Crippen molar-refractivity contribution < 1.29 is 58.4 Å². The van der Waals surface area contributed by atoms with Gasteiger partial charge >= 0.3 is 29.6 Å². The van der Waals surface area contributed by atoms with E-state index in [9.17, 15) is 27.5 Å². The SMILES string of the molecule is CC(C)C(=O)CCc1c(-c2ccc(F)cc2F)cc(Cl)nc1Cl.CC(C)C(O)CCc1c(-c2ccc(F)cc2F)cc(Cl)nc1Cl.[B].[H-].[Na+]. The van der Waals surface area contributed by atoms with Crippen LogP contribution in [0.1, 0.15) is 53.1 Å². The van der Waals surface area contributed by atoms with Crippen LogP contribution in [-0.2, 0) is 17.6 Å². The van der Waals surface area contributed by atoms with Gasteiger partial charge in [-0.3, -0.25) is 4.79 Å². The number of Topliss-reactive ketones (excluding diaryl/α,β-unsaturated/α-hetero) is 1. The van der Waals surface area contributed by atoms with Gasteiger partial charge in [-0.25, -0.2) is 27.5 Å². The standard InChI is InChI=1S/C17H17Cl2F2NO.C17H15Cl2F2NO.B.Na.H/c2*1-9(2)15(23)6-5-12-13(8-16(18)22-17(12)19)11-4-3-10(20)7-14(11)21;;;/h3-4,7-9,15,23H,5-6H2,1-2H3;3-4,7-9H,5-6H2,1-2H3;;;/q;;;+1;-1. The van der Waals surface area contributed by atoms with E-state index in [1.165, 1.54) is 30.3 Å². The number of hydrogen-bond acceptors (Lipinski definition) is 4. The summed E-state index contributed by atoms with van der Waals surface area (Å²) in [6.07, 6.45) is 0.931. The van der Waals surface area contributed by atoms with Crippen molar-refractivity contribution >= 4 is 60.6 Å². The van der Waals surface area contributed by atoms with Crippen LogP contribution in [0, 0.1) is 35.1 Å². The van der Waals surface area contributed by atoms with Crippen molar-refractivity contribution in [1.82, 2.24) is 9.97 Å². The maximum atomic E-state index is 14.1. The number of carbonyl (C=O) groups is 1. The van der Waals surface area contributed by atoms with Gasteiger partial charge in [0.15, 0.2) is 0 Å². The van der Waals surface area contributed by atoms with Crippen LogP contribution in [0.3, 0.4) is 0 Å². The number of halogens is 8. The summed E-state index contributed by atoms with van der Waals surface area (Å²) in [7, 11) is 0. The summed E-state index contributed by atoms with van der Waals surface area (Å²) in [4.78, 5) is 19.8. The summed E-state index contributed by atoms with van der Waals surface area (Å²) in [6, 6.07) is 9.57. The van der Waals surface area contributed by atoms with Crippen molar-refractivity contribution in [2.24, 2.45) is 11.8 Å². The van der Waals surface area contributed by atoms with Crippen molar-refractivity contribution in [3.05, 3.63) is 104 Å². The second kappa shape index (κ2) is 20.2. The molecule has 0 saturated carbocycles. The van der Waals surface area contributed by atoms with Crippen LogP contribution in [0.2, 0.25) is 20.6 Å². The first-order chi connectivity index (χ1) is 21.6. The molecular weight excluding hydrogens is 720 g/mol. The van der Waals surface area contributed by atoms with Gasteiger partial charge in [-0.2, -0.15) is 0 Å². The monoisotopic (exact) mass is 751 g/mol. The molecule has 0 aliphatic heterocycles. The molecule has 0 aliphatic carbocycles. The molecule has 2 aromatic heterocycles. The number of hydrogen-bond donors (Lipinski definition) is 1. The molecule has 48 heavy (non-hydrogen) atoms. The van der Waals surface area contributed by atoms with Crippen LogP contribution in [0.25, 0.3) is 22.3 Å². The summed E-state index contributed by atoms with van der Waals surface area (Å²) in [5.74, 6) is -2.68. The minimum Gasteiger partial charge on any atom is -1.00 e. The van der Waals surface area contributed by atoms with Crippen molar-refractivity contribution in [3.8, 4) is 22.3 Å². The van der Waals surface area contributed by atoms with Crippen LogP contribution in [-0.4, -0.2) is 35.4 Å². The van der Waals surface area contributed by atoms with E-state index in [-0.39, 0.29) is 95.2 Å². The average Bonchev–Trinajstić information content (AvgIpc) is 2.95. The number of carbonyl (C=O) groups excluding carboxylic acids is 1. The fourth-order valence-corrected chi connectivity index (χ4v) is 5.60. The maximum Gasteiger partial charge on any atom is 1.00 e. The molecule has 0 aliphatic rings. The number of pyridine rings is 2. The molecule has 4 aromatic rings. The number of aromatic nitrogens is 2. The number of ketones is 1. The van der Waals surface area contributed by atoms with Crippen molar-refractivity contribution in [3.63, 3.8) is 0 Å². The van der Waals surface area contributed by atoms with E-state index in [0.29, 0.717) is 41.5 Å². The Morgan fingerprint density at radius 3 is 1.52 bits per heavy atom. The molecule has 0 amide bonds. The minimum absolute atomic E-state index is 0. The Morgan fingerprint density at radius 1 is 0.729 bits per heavy atom. The van der Waals surface area contributed by atoms with E-state index >= 15 is 0 Å². The summed E-state index contributed by atoms with van der Waals surface area (Å²) < 4.78 is 54.4. The Labute approximate surface area is 323 Å². The molecule has 251 valence electrons. The van der Waals surface area contributed by atoms with Crippen LogP contribution < -0.4 is 29.6 Å². The molecule has 2 heterocycles. The van der Waals surface area contributed by atoms with Crippen molar-refractivity contribution in [2.75, 3.05) is 0 Å². The van der Waals surface area contributed by atoms with Crippen LogP contribution in [0.4, 0.5) is 17.6 Å². The zero-order valence-corrected chi connectivity index (χ0v) is 32.1. The van der Waals surface area contributed by atoms with E-state index in [0.717, 1.165) is 18.2 Å². The average molecular weight is 753 g/mol. The van der Waals surface area contributed by atoms with E-state index in [1.807, 2.05) is 27.7 Å². The molecule has 4 rings (SSSR count). The van der Waals surface area contributed by atoms with Gasteiger partial charge < -0.3 is 6.53 Å². The molecule has 3 radical (unpaired) electrons. The zero-order valence-electron chi connectivity index (χ0n) is 28.0. The second-order valence-electron chi connectivity index (χ2n) is 11.2. The maximum absolute atomic E-state index is 14.1. The smallest absolute Gasteiger partial charge is 1.00 e. The van der Waals surface area contributed by atoms with Gasteiger partial charge in [0.05, 0.1) is 6.10 Å². The first kappa shape index (κ1) is 44.3. The van der Waals surface area contributed by atoms with E-state index in [4.69, 9.17) is 46.4 Å². The fraction of sp³-hybridized carbons (Fsp3) is 0.324. The van der Waals surface area contributed by atoms with Crippen LogP contribution >= 0.6 is 46.4 Å². The van der Waals surface area contributed by atoms with Crippen LogP contribution in [0.5, 0.6) is 0 Å². The quantitative estimate of drug-likeness (QED) is 0.104. The summed E-state index contributed by atoms with van der Waals surface area (Å²) >= 11 is 24.1. The summed E-state index contributed by atoms with van der Waals surface area (Å²) in [6.45, 7) is 7.44. The van der Waals surface area contributed by atoms with Gasteiger partial charge in [0, 0.05) is 44.0 Å². The molecule has 2 aromatic carbocycles. The third-order valence-corrected chi connectivity index (χ3v) is 8.27. The number of benzene rings is 2. The predicted octanol–water partition coefficient (Wildman–Crippen LogP) is 7.51. The number of aliphatic hydroxyl groups excluding tert-OH is 1. The molecule has 4 nitrogen and oxygen atoms in total. The van der Waals surface area contributed by atoms with Gasteiger partial charge in [0.1, 0.15) is 49.7 Å². The summed E-state index contributed by atoms with van der Waals surface area (Å²) in [5.41, 5.74) is 2.36. The Bertz CT molecular complexity index is 1720. The molecular formula is C34H33BCl4F4N2NaO2. The van der Waals surface area contributed by atoms with E-state index in [2.05, 4.69) is 9.97 Å². The predicted molar refractivity (Wildman–Crippen MR) is 183 cm³/mol. The van der Waals surface area contributed by atoms with Gasteiger partial charge in [0.2, 0.25) is 0 Å². The largest absolute Gasteiger partial charge is 1.00 e. The molecule has 0 fully saturated rings. The van der Waals surface area contributed by atoms with E-state index in [1.54, 1.807) is 0 Å². The summed E-state index contributed by atoms with van der Waals surface area (Å²) in [5, 5.41) is 10.5. The third-order valence-electron chi connectivity index (χ3n) is 7.25. The Morgan fingerprint density at radius 2 is 1.15 bits per heavy atom. The topological polar surface area (TPSA) is 63.1 Å². The Kier molecular flexibility index (Phi) is 18.7. The van der Waals surface area contributed by atoms with Crippen LogP contribution in [0.15, 0.2) is 48.5 Å².